The molecule has 0 atom stereocenters. The maximum Gasteiger partial charge on any atom is 0.325 e. The van der Waals surface area contributed by atoms with Crippen molar-refractivity contribution in [3.05, 3.63) is 29.3 Å². The summed E-state index contributed by atoms with van der Waals surface area (Å²) >= 11 is 5.96. The number of rotatable bonds is 5. The Balaban J connectivity index is 1.92. The van der Waals surface area contributed by atoms with Crippen LogP contribution in [0.2, 0.25) is 5.02 Å². The van der Waals surface area contributed by atoms with Crippen LogP contribution in [0.1, 0.15) is 13.8 Å². The molecule has 0 bridgehead atoms. The molecule has 0 aromatic heterocycles. The maximum atomic E-state index is 12.2. The molecule has 1 heterocycles. The van der Waals surface area contributed by atoms with Crippen LogP contribution in [0.25, 0.3) is 0 Å². The highest BCUT2D eigenvalue weighted by Gasteiger charge is 2.45. The third-order valence-corrected chi connectivity index (χ3v) is 4.02. The van der Waals surface area contributed by atoms with Crippen LogP contribution in [0.3, 0.4) is 0 Å². The smallest absolute Gasteiger partial charge is 0.325 e. The lowest BCUT2D eigenvalue weighted by Crippen LogP contribution is -2.45. The Bertz CT molecular complexity index is 735. The molecule has 2 N–H and O–H groups in total. The number of likely N-dealkylation sites (N-methyl/N-ethyl adjacent to an activating group) is 1. The van der Waals surface area contributed by atoms with Crippen LogP contribution < -0.4 is 10.6 Å². The number of anilines is 1. The number of hydrogen-bond acceptors (Lipinski definition) is 4. The number of nitrogens with one attached hydrogen (secondary N) is 2. The molecule has 25 heavy (non-hydrogen) atoms. The van der Waals surface area contributed by atoms with E-state index in [-0.39, 0.29) is 6.54 Å². The van der Waals surface area contributed by atoms with Crippen LogP contribution in [-0.2, 0) is 14.4 Å². The first-order chi connectivity index (χ1) is 11.6. The fourth-order valence-electron chi connectivity index (χ4n) is 2.27. The Morgan fingerprint density at radius 3 is 2.48 bits per heavy atom. The molecular weight excluding hydrogens is 348 g/mol. The van der Waals surface area contributed by atoms with Gasteiger partial charge < -0.3 is 15.5 Å². The first-order valence-corrected chi connectivity index (χ1v) is 7.92. The number of hydrogen-bond donors (Lipinski definition) is 2. The van der Waals surface area contributed by atoms with E-state index in [0.717, 1.165) is 9.80 Å². The fourth-order valence-corrected chi connectivity index (χ4v) is 2.46. The lowest BCUT2D eigenvalue weighted by atomic mass is 10.1. The average molecular weight is 367 g/mol. The van der Waals surface area contributed by atoms with Gasteiger partial charge in [-0.05, 0) is 26.0 Å². The molecule has 8 nitrogen and oxygen atoms in total. The highest BCUT2D eigenvalue weighted by atomic mass is 35.5. The van der Waals surface area contributed by atoms with E-state index in [4.69, 9.17) is 11.6 Å². The topological polar surface area (TPSA) is 98.8 Å². The van der Waals surface area contributed by atoms with E-state index in [0.29, 0.717) is 10.7 Å². The number of benzene rings is 1. The van der Waals surface area contributed by atoms with Crippen molar-refractivity contribution in [2.75, 3.05) is 25.5 Å². The molecule has 2 rings (SSSR count). The van der Waals surface area contributed by atoms with E-state index >= 15 is 0 Å². The molecule has 134 valence electrons. The summed E-state index contributed by atoms with van der Waals surface area (Å²) in [6.07, 6.45) is 0. The van der Waals surface area contributed by atoms with Crippen LogP contribution in [-0.4, -0.2) is 59.2 Å². The van der Waals surface area contributed by atoms with E-state index in [9.17, 15) is 19.2 Å². The zero-order valence-corrected chi connectivity index (χ0v) is 14.9. The van der Waals surface area contributed by atoms with E-state index < -0.39 is 35.8 Å². The van der Waals surface area contributed by atoms with Gasteiger partial charge in [0, 0.05) is 7.05 Å². The summed E-state index contributed by atoms with van der Waals surface area (Å²) in [5, 5.41) is 5.47. The lowest BCUT2D eigenvalue weighted by Gasteiger charge is -2.20. The molecule has 1 aromatic rings. The Kier molecular flexibility index (Phi) is 5.32. The zero-order valence-electron chi connectivity index (χ0n) is 14.1. The van der Waals surface area contributed by atoms with Gasteiger partial charge in [0.15, 0.2) is 0 Å². The van der Waals surface area contributed by atoms with Gasteiger partial charge in [-0.2, -0.15) is 0 Å². The molecule has 0 spiro atoms. The van der Waals surface area contributed by atoms with Gasteiger partial charge in [0.2, 0.25) is 11.8 Å². The summed E-state index contributed by atoms with van der Waals surface area (Å²) in [6.45, 7) is 2.44. The van der Waals surface area contributed by atoms with Crippen molar-refractivity contribution in [2.45, 2.75) is 19.4 Å². The number of amides is 5. The first kappa shape index (κ1) is 18.7. The van der Waals surface area contributed by atoms with Crippen LogP contribution >= 0.6 is 11.6 Å². The third kappa shape index (κ3) is 4.27. The summed E-state index contributed by atoms with van der Waals surface area (Å²) in [6, 6.07) is 6.09. The standard InChI is InChI=1S/C16H19ClN4O4/c1-16(2)14(24)21(15(25)19-16)9-13(23)20(3)8-12(22)18-11-7-5-4-6-10(11)17/h4-7H,8-9H2,1-3H3,(H,18,22)(H,19,25). The average Bonchev–Trinajstić information content (AvgIpc) is 2.71. The third-order valence-electron chi connectivity index (χ3n) is 3.69. The second-order valence-electron chi connectivity index (χ2n) is 6.22. The van der Waals surface area contributed by atoms with Gasteiger partial charge in [-0.3, -0.25) is 19.3 Å². The SMILES string of the molecule is CN(CC(=O)Nc1ccccc1Cl)C(=O)CN1C(=O)NC(C)(C)C1=O. The molecule has 9 heteroatoms. The maximum absolute atomic E-state index is 12.2. The van der Waals surface area contributed by atoms with Gasteiger partial charge in [0.05, 0.1) is 17.3 Å². The fraction of sp³-hybridized carbons (Fsp3) is 0.375. The molecule has 1 aromatic carbocycles. The highest BCUT2D eigenvalue weighted by Crippen LogP contribution is 2.20. The van der Waals surface area contributed by atoms with Crippen molar-refractivity contribution in [2.24, 2.45) is 0 Å². The van der Waals surface area contributed by atoms with Crippen molar-refractivity contribution in [3.63, 3.8) is 0 Å². The Hall–Kier alpha value is -2.61. The Morgan fingerprint density at radius 2 is 1.92 bits per heavy atom. The van der Waals surface area contributed by atoms with E-state index in [2.05, 4.69) is 10.6 Å². The van der Waals surface area contributed by atoms with Gasteiger partial charge >= 0.3 is 6.03 Å². The number of halogens is 1. The Labute approximate surface area is 150 Å². The van der Waals surface area contributed by atoms with Gasteiger partial charge in [0.1, 0.15) is 12.1 Å². The molecular formula is C16H19ClN4O4. The lowest BCUT2D eigenvalue weighted by molar-refractivity contribution is -0.138. The van der Waals surface area contributed by atoms with Crippen LogP contribution in [0, 0.1) is 0 Å². The molecule has 1 fully saturated rings. The van der Waals surface area contributed by atoms with E-state index in [1.54, 1.807) is 38.1 Å². The summed E-state index contributed by atoms with van der Waals surface area (Å²) in [7, 11) is 1.41. The summed E-state index contributed by atoms with van der Waals surface area (Å²) in [4.78, 5) is 50.1. The van der Waals surface area contributed by atoms with Gasteiger partial charge in [-0.25, -0.2) is 4.79 Å². The number of imide groups is 1. The largest absolute Gasteiger partial charge is 0.335 e. The second kappa shape index (κ2) is 7.10. The van der Waals surface area contributed by atoms with Crippen LogP contribution in [0.15, 0.2) is 24.3 Å². The van der Waals surface area contributed by atoms with Crippen LogP contribution in [0.4, 0.5) is 10.5 Å². The highest BCUT2D eigenvalue weighted by molar-refractivity contribution is 6.33. The van der Waals surface area contributed by atoms with Crippen molar-refractivity contribution in [3.8, 4) is 0 Å². The number of para-hydroxylation sites is 1. The number of urea groups is 1. The van der Waals surface area contributed by atoms with E-state index in [1.807, 2.05) is 0 Å². The normalized spacial score (nSPS) is 15.8. The minimum absolute atomic E-state index is 0.239. The first-order valence-electron chi connectivity index (χ1n) is 7.54. The minimum Gasteiger partial charge on any atom is -0.335 e. The summed E-state index contributed by atoms with van der Waals surface area (Å²) < 4.78 is 0. The van der Waals surface area contributed by atoms with Crippen molar-refractivity contribution >= 4 is 41.0 Å². The van der Waals surface area contributed by atoms with Gasteiger partial charge in [0.25, 0.3) is 5.91 Å². The van der Waals surface area contributed by atoms with Crippen molar-refractivity contribution < 1.29 is 19.2 Å². The van der Waals surface area contributed by atoms with Crippen LogP contribution in [0.5, 0.6) is 0 Å². The molecule has 5 amide bonds. The molecule has 1 aliphatic heterocycles. The minimum atomic E-state index is -1.04. The van der Waals surface area contributed by atoms with Crippen molar-refractivity contribution in [1.82, 2.24) is 15.1 Å². The second-order valence-corrected chi connectivity index (χ2v) is 6.63. The molecule has 1 aliphatic rings. The number of carbonyl (C=O) groups is 4. The molecule has 0 unspecified atom stereocenters. The molecule has 1 saturated heterocycles. The van der Waals surface area contributed by atoms with Gasteiger partial charge in [-0.1, -0.05) is 23.7 Å². The molecule has 0 saturated carbocycles. The summed E-state index contributed by atoms with van der Waals surface area (Å²) in [5.41, 5.74) is -0.608. The monoisotopic (exact) mass is 366 g/mol. The molecule has 0 aliphatic carbocycles. The number of nitrogens with zero attached hydrogens (tertiary/aromatic N) is 2. The predicted molar refractivity (Wildman–Crippen MR) is 92.0 cm³/mol. The van der Waals surface area contributed by atoms with E-state index in [1.165, 1.54) is 7.05 Å². The molecule has 0 radical (unpaired) electrons. The number of carbonyl (C=O) groups excluding carboxylic acids is 4. The summed E-state index contributed by atoms with van der Waals surface area (Å²) in [5.74, 6) is -1.46. The zero-order chi connectivity index (χ0) is 18.8. The van der Waals surface area contributed by atoms with Gasteiger partial charge in [-0.15, -0.1) is 0 Å². The van der Waals surface area contributed by atoms with Crippen molar-refractivity contribution in [1.29, 1.82) is 0 Å². The quantitative estimate of drug-likeness (QED) is 0.761. The Morgan fingerprint density at radius 1 is 1.28 bits per heavy atom. The predicted octanol–water partition coefficient (Wildman–Crippen LogP) is 1.07.